The van der Waals surface area contributed by atoms with Crippen molar-refractivity contribution < 1.29 is 12.8 Å². The van der Waals surface area contributed by atoms with E-state index < -0.39 is 15.8 Å². The SMILES string of the molecule is NCc1ccc(CS(=O)(=O)Nc2ccc(F)cc2Br)cc1. The van der Waals surface area contributed by atoms with E-state index in [1.807, 2.05) is 0 Å². The van der Waals surface area contributed by atoms with Crippen LogP contribution in [0.3, 0.4) is 0 Å². The molecule has 0 atom stereocenters. The van der Waals surface area contributed by atoms with Gasteiger partial charge in [0.15, 0.2) is 0 Å². The van der Waals surface area contributed by atoms with Crippen LogP contribution in [0.5, 0.6) is 0 Å². The molecule has 0 heterocycles. The van der Waals surface area contributed by atoms with Crippen LogP contribution >= 0.6 is 15.9 Å². The lowest BCUT2D eigenvalue weighted by molar-refractivity contribution is 0.600. The zero-order valence-corrected chi connectivity index (χ0v) is 13.4. The fourth-order valence-electron chi connectivity index (χ4n) is 1.77. The van der Waals surface area contributed by atoms with Crippen LogP contribution in [0.1, 0.15) is 11.1 Å². The van der Waals surface area contributed by atoms with Gasteiger partial charge in [0, 0.05) is 11.0 Å². The minimum absolute atomic E-state index is 0.165. The maximum atomic E-state index is 13.0. The van der Waals surface area contributed by atoms with Gasteiger partial charge in [0.05, 0.1) is 11.4 Å². The van der Waals surface area contributed by atoms with Crippen LogP contribution in [0.4, 0.5) is 10.1 Å². The predicted octanol–water partition coefficient (Wildman–Crippen LogP) is 2.99. The van der Waals surface area contributed by atoms with Crippen LogP contribution in [0.15, 0.2) is 46.9 Å². The molecule has 2 aromatic rings. The van der Waals surface area contributed by atoms with Gasteiger partial charge in [0.1, 0.15) is 5.82 Å². The third-order valence-corrected chi connectivity index (χ3v) is 4.71. The molecule has 2 rings (SSSR count). The molecule has 2 aromatic carbocycles. The fourth-order valence-corrected chi connectivity index (χ4v) is 3.56. The van der Waals surface area contributed by atoms with Crippen molar-refractivity contribution in [3.63, 3.8) is 0 Å². The molecular weight excluding hydrogens is 359 g/mol. The Kier molecular flexibility index (Phi) is 4.97. The lowest BCUT2D eigenvalue weighted by Crippen LogP contribution is -2.15. The Balaban J connectivity index is 2.14. The third kappa shape index (κ3) is 4.52. The molecule has 0 amide bonds. The minimum atomic E-state index is -3.58. The monoisotopic (exact) mass is 372 g/mol. The summed E-state index contributed by atoms with van der Waals surface area (Å²) < 4.78 is 40.0. The maximum absolute atomic E-state index is 13.0. The van der Waals surface area contributed by atoms with Crippen molar-refractivity contribution in [2.75, 3.05) is 4.72 Å². The molecule has 0 saturated heterocycles. The van der Waals surface area contributed by atoms with Crippen molar-refractivity contribution in [1.82, 2.24) is 0 Å². The predicted molar refractivity (Wildman–Crippen MR) is 84.7 cm³/mol. The van der Waals surface area contributed by atoms with Gasteiger partial charge in [-0.2, -0.15) is 0 Å². The van der Waals surface area contributed by atoms with Gasteiger partial charge in [-0.15, -0.1) is 0 Å². The highest BCUT2D eigenvalue weighted by Gasteiger charge is 2.13. The normalized spacial score (nSPS) is 11.4. The van der Waals surface area contributed by atoms with E-state index in [4.69, 9.17) is 5.73 Å². The molecule has 0 saturated carbocycles. The largest absolute Gasteiger partial charge is 0.326 e. The summed E-state index contributed by atoms with van der Waals surface area (Å²) in [6, 6.07) is 10.8. The number of rotatable bonds is 5. The standard InChI is InChI=1S/C14H14BrFN2O2S/c15-13-7-12(16)5-6-14(13)18-21(19,20)9-11-3-1-10(8-17)2-4-11/h1-7,18H,8-9,17H2. The van der Waals surface area contributed by atoms with Gasteiger partial charge in [0.25, 0.3) is 0 Å². The van der Waals surface area contributed by atoms with Crippen LogP contribution in [-0.4, -0.2) is 8.42 Å². The zero-order valence-electron chi connectivity index (χ0n) is 11.0. The Labute approximate surface area is 131 Å². The van der Waals surface area contributed by atoms with Gasteiger partial charge in [-0.1, -0.05) is 24.3 Å². The van der Waals surface area contributed by atoms with E-state index in [1.54, 1.807) is 24.3 Å². The summed E-state index contributed by atoms with van der Waals surface area (Å²) in [5, 5.41) is 0. The Morgan fingerprint density at radius 2 is 1.71 bits per heavy atom. The van der Waals surface area contributed by atoms with Crippen molar-refractivity contribution in [2.45, 2.75) is 12.3 Å². The summed E-state index contributed by atoms with van der Waals surface area (Å²) in [4.78, 5) is 0. The molecule has 3 N–H and O–H groups in total. The smallest absolute Gasteiger partial charge is 0.236 e. The van der Waals surface area contributed by atoms with E-state index in [-0.39, 0.29) is 5.75 Å². The number of sulfonamides is 1. The summed E-state index contributed by atoms with van der Waals surface area (Å²) >= 11 is 3.12. The van der Waals surface area contributed by atoms with Crippen molar-refractivity contribution in [1.29, 1.82) is 0 Å². The highest BCUT2D eigenvalue weighted by Crippen LogP contribution is 2.24. The average molecular weight is 373 g/mol. The number of nitrogens with two attached hydrogens (primary N) is 1. The number of anilines is 1. The van der Waals surface area contributed by atoms with E-state index >= 15 is 0 Å². The fraction of sp³-hybridized carbons (Fsp3) is 0.143. The first-order valence-electron chi connectivity index (χ1n) is 6.13. The van der Waals surface area contributed by atoms with Crippen LogP contribution in [0.25, 0.3) is 0 Å². The average Bonchev–Trinajstić information content (AvgIpc) is 2.42. The molecule has 4 nitrogen and oxygen atoms in total. The molecule has 0 unspecified atom stereocenters. The summed E-state index contributed by atoms with van der Waals surface area (Å²) in [5.74, 6) is -0.607. The van der Waals surface area contributed by atoms with Crippen LogP contribution in [-0.2, 0) is 22.3 Å². The zero-order chi connectivity index (χ0) is 15.5. The van der Waals surface area contributed by atoms with Gasteiger partial charge in [-0.3, -0.25) is 4.72 Å². The number of halogens is 2. The molecule has 0 fully saturated rings. The highest BCUT2D eigenvalue weighted by atomic mass is 79.9. The topological polar surface area (TPSA) is 72.2 Å². The Hall–Kier alpha value is -1.44. The second kappa shape index (κ2) is 6.55. The van der Waals surface area contributed by atoms with Crippen molar-refractivity contribution in [3.8, 4) is 0 Å². The van der Waals surface area contributed by atoms with E-state index in [9.17, 15) is 12.8 Å². The van der Waals surface area contributed by atoms with Gasteiger partial charge in [-0.25, -0.2) is 12.8 Å². The number of hydrogen-bond acceptors (Lipinski definition) is 3. The van der Waals surface area contributed by atoms with E-state index in [0.29, 0.717) is 22.3 Å². The van der Waals surface area contributed by atoms with Gasteiger partial charge >= 0.3 is 0 Å². The van der Waals surface area contributed by atoms with Gasteiger partial charge in [-0.05, 0) is 45.3 Å². The van der Waals surface area contributed by atoms with Crippen LogP contribution in [0.2, 0.25) is 0 Å². The van der Waals surface area contributed by atoms with Crippen LogP contribution < -0.4 is 10.5 Å². The molecule has 21 heavy (non-hydrogen) atoms. The first-order valence-corrected chi connectivity index (χ1v) is 8.57. The molecule has 0 aliphatic heterocycles. The first kappa shape index (κ1) is 15.9. The molecule has 7 heteroatoms. The Morgan fingerprint density at radius 1 is 1.10 bits per heavy atom. The van der Waals surface area contributed by atoms with E-state index in [2.05, 4.69) is 20.7 Å². The van der Waals surface area contributed by atoms with Gasteiger partial charge < -0.3 is 5.73 Å². The van der Waals surface area contributed by atoms with Gasteiger partial charge in [0.2, 0.25) is 10.0 Å². The summed E-state index contributed by atoms with van der Waals surface area (Å²) in [7, 11) is -3.58. The second-order valence-corrected chi connectivity index (χ2v) is 7.08. The minimum Gasteiger partial charge on any atom is -0.326 e. The molecular formula is C14H14BrFN2O2S. The highest BCUT2D eigenvalue weighted by molar-refractivity contribution is 9.10. The first-order chi connectivity index (χ1) is 9.89. The number of nitrogens with one attached hydrogen (secondary N) is 1. The Bertz CT molecular complexity index is 733. The number of hydrogen-bond donors (Lipinski definition) is 2. The van der Waals surface area contributed by atoms with E-state index in [1.165, 1.54) is 18.2 Å². The maximum Gasteiger partial charge on any atom is 0.236 e. The lowest BCUT2D eigenvalue weighted by atomic mass is 10.1. The van der Waals surface area contributed by atoms with E-state index in [0.717, 1.165) is 5.56 Å². The molecule has 0 aliphatic carbocycles. The number of benzene rings is 2. The molecule has 0 aromatic heterocycles. The van der Waals surface area contributed by atoms with Crippen molar-refractivity contribution in [3.05, 3.63) is 63.9 Å². The molecule has 112 valence electrons. The van der Waals surface area contributed by atoms with Crippen molar-refractivity contribution in [2.24, 2.45) is 5.73 Å². The Morgan fingerprint density at radius 3 is 2.29 bits per heavy atom. The summed E-state index contributed by atoms with van der Waals surface area (Å²) in [6.45, 7) is 0.411. The van der Waals surface area contributed by atoms with Crippen molar-refractivity contribution >= 4 is 31.6 Å². The summed E-state index contributed by atoms with van der Waals surface area (Å²) in [5.41, 5.74) is 7.38. The molecule has 0 bridgehead atoms. The lowest BCUT2D eigenvalue weighted by Gasteiger charge is -2.10. The van der Waals surface area contributed by atoms with Crippen LogP contribution in [0, 0.1) is 5.82 Å². The summed E-state index contributed by atoms with van der Waals surface area (Å²) in [6.07, 6.45) is 0. The second-order valence-electron chi connectivity index (χ2n) is 4.51. The molecule has 0 radical (unpaired) electrons. The quantitative estimate of drug-likeness (QED) is 0.847. The molecule has 0 spiro atoms. The molecule has 0 aliphatic rings. The third-order valence-electron chi connectivity index (χ3n) is 2.81.